The molecule has 1 aliphatic carbocycles. The topological polar surface area (TPSA) is 69.4 Å². The maximum Gasteiger partial charge on any atom is 0.313 e. The average Bonchev–Trinajstić information content (AvgIpc) is 2.46. The maximum absolute atomic E-state index is 12.5. The Balaban J connectivity index is 2.43. The monoisotopic (exact) mass is 297 g/mol. The van der Waals surface area contributed by atoms with Gasteiger partial charge in [-0.2, -0.15) is 0 Å². The number of hydrogen-bond donors (Lipinski definition) is 0. The highest BCUT2D eigenvalue weighted by molar-refractivity contribution is 6.31. The second-order valence-electron chi connectivity index (χ2n) is 4.96. The van der Waals surface area contributed by atoms with Crippen molar-refractivity contribution < 1.29 is 14.5 Å². The molecular formula is C14H16ClNO4. The van der Waals surface area contributed by atoms with Gasteiger partial charge in [-0.3, -0.25) is 14.9 Å². The summed E-state index contributed by atoms with van der Waals surface area (Å²) >= 11 is 5.89. The third-order valence-corrected chi connectivity index (χ3v) is 3.89. The van der Waals surface area contributed by atoms with Gasteiger partial charge >= 0.3 is 5.69 Å². The molecule has 108 valence electrons. The molecule has 5 nitrogen and oxygen atoms in total. The Morgan fingerprint density at radius 1 is 1.35 bits per heavy atom. The standard InChI is InChI=1S/C14H16ClNO4/c1-20-14-11(7-10(15)8-12(14)16(18)19)13(17)9-5-3-2-4-6-9/h7-9H,2-6H2,1H3. The molecule has 0 unspecified atom stereocenters. The van der Waals surface area contributed by atoms with Crippen LogP contribution in [0.2, 0.25) is 5.02 Å². The van der Waals surface area contributed by atoms with Gasteiger partial charge in [-0.05, 0) is 18.9 Å². The first-order chi connectivity index (χ1) is 9.54. The number of Topliss-reactive ketones (excluding diaryl/α,β-unsaturated/α-hetero) is 1. The summed E-state index contributed by atoms with van der Waals surface area (Å²) in [6, 6.07) is 2.67. The number of rotatable bonds is 4. The molecule has 0 aromatic heterocycles. The zero-order chi connectivity index (χ0) is 14.7. The number of nitro groups is 1. The number of methoxy groups -OCH3 is 1. The maximum atomic E-state index is 12.5. The molecule has 0 amide bonds. The fourth-order valence-electron chi connectivity index (χ4n) is 2.70. The number of benzene rings is 1. The van der Waals surface area contributed by atoms with E-state index in [9.17, 15) is 14.9 Å². The smallest absolute Gasteiger partial charge is 0.313 e. The first-order valence-corrected chi connectivity index (χ1v) is 6.98. The number of ketones is 1. The highest BCUT2D eigenvalue weighted by atomic mass is 35.5. The van der Waals surface area contributed by atoms with Crippen LogP contribution in [0.25, 0.3) is 0 Å². The van der Waals surface area contributed by atoms with Gasteiger partial charge < -0.3 is 4.74 Å². The molecule has 0 bridgehead atoms. The molecule has 0 atom stereocenters. The van der Waals surface area contributed by atoms with Crippen molar-refractivity contribution in [2.45, 2.75) is 32.1 Å². The quantitative estimate of drug-likeness (QED) is 0.478. The van der Waals surface area contributed by atoms with Crippen LogP contribution in [0.15, 0.2) is 12.1 Å². The molecule has 1 aromatic rings. The van der Waals surface area contributed by atoms with Crippen molar-refractivity contribution in [1.82, 2.24) is 0 Å². The van der Waals surface area contributed by atoms with Crippen LogP contribution < -0.4 is 4.74 Å². The Kier molecular flexibility index (Phi) is 4.60. The van der Waals surface area contributed by atoms with Crippen molar-refractivity contribution >= 4 is 23.1 Å². The Labute approximate surface area is 122 Å². The van der Waals surface area contributed by atoms with Crippen molar-refractivity contribution in [3.63, 3.8) is 0 Å². The number of hydrogen-bond acceptors (Lipinski definition) is 4. The van der Waals surface area contributed by atoms with E-state index < -0.39 is 4.92 Å². The van der Waals surface area contributed by atoms with E-state index in [0.717, 1.165) is 32.1 Å². The van der Waals surface area contributed by atoms with E-state index in [1.165, 1.54) is 19.2 Å². The molecule has 0 radical (unpaired) electrons. The van der Waals surface area contributed by atoms with Crippen molar-refractivity contribution in [3.8, 4) is 5.75 Å². The van der Waals surface area contributed by atoms with Gasteiger partial charge in [0.15, 0.2) is 5.78 Å². The SMILES string of the molecule is COc1c(C(=O)C2CCCCC2)cc(Cl)cc1[N+](=O)[O-]. The Morgan fingerprint density at radius 2 is 2.00 bits per heavy atom. The number of ether oxygens (including phenoxy) is 1. The zero-order valence-electron chi connectivity index (χ0n) is 11.2. The normalized spacial score (nSPS) is 15.9. The summed E-state index contributed by atoms with van der Waals surface area (Å²) in [5.41, 5.74) is -0.0437. The van der Waals surface area contributed by atoms with E-state index in [1.807, 2.05) is 0 Å². The molecule has 1 saturated carbocycles. The van der Waals surface area contributed by atoms with Crippen molar-refractivity contribution in [1.29, 1.82) is 0 Å². The van der Waals surface area contributed by atoms with E-state index in [0.29, 0.717) is 0 Å². The third-order valence-electron chi connectivity index (χ3n) is 3.68. The number of halogens is 1. The average molecular weight is 298 g/mol. The summed E-state index contributed by atoms with van der Waals surface area (Å²) in [4.78, 5) is 23.0. The predicted octanol–water partition coefficient (Wildman–Crippen LogP) is 4.02. The number of nitrogens with zero attached hydrogens (tertiary/aromatic N) is 1. The van der Waals surface area contributed by atoms with Crippen LogP contribution in [0, 0.1) is 16.0 Å². The van der Waals surface area contributed by atoms with Crippen LogP contribution >= 0.6 is 11.6 Å². The Morgan fingerprint density at radius 3 is 2.55 bits per heavy atom. The lowest BCUT2D eigenvalue weighted by Crippen LogP contribution is -2.19. The van der Waals surface area contributed by atoms with Gasteiger partial charge in [-0.15, -0.1) is 0 Å². The van der Waals surface area contributed by atoms with E-state index in [2.05, 4.69) is 0 Å². The van der Waals surface area contributed by atoms with E-state index in [-0.39, 0.29) is 33.7 Å². The van der Waals surface area contributed by atoms with Crippen molar-refractivity contribution in [2.24, 2.45) is 5.92 Å². The Hall–Kier alpha value is -1.62. The molecule has 0 N–H and O–H groups in total. The lowest BCUT2D eigenvalue weighted by atomic mass is 9.83. The highest BCUT2D eigenvalue weighted by Crippen LogP contribution is 2.37. The van der Waals surface area contributed by atoms with Gasteiger partial charge in [0.25, 0.3) is 0 Å². The van der Waals surface area contributed by atoms with Crippen LogP contribution in [-0.2, 0) is 0 Å². The van der Waals surface area contributed by atoms with Crippen LogP contribution in [-0.4, -0.2) is 17.8 Å². The van der Waals surface area contributed by atoms with Crippen LogP contribution in [0.5, 0.6) is 5.75 Å². The molecule has 0 spiro atoms. The Bertz CT molecular complexity index is 538. The van der Waals surface area contributed by atoms with Crippen LogP contribution in [0.4, 0.5) is 5.69 Å². The lowest BCUT2D eigenvalue weighted by Gasteiger charge is -2.21. The number of carbonyl (C=O) groups excluding carboxylic acids is 1. The minimum Gasteiger partial charge on any atom is -0.490 e. The zero-order valence-corrected chi connectivity index (χ0v) is 12.0. The largest absolute Gasteiger partial charge is 0.490 e. The molecule has 0 aliphatic heterocycles. The number of nitro benzene ring substituents is 1. The van der Waals surface area contributed by atoms with Crippen molar-refractivity contribution in [3.05, 3.63) is 32.8 Å². The molecule has 1 fully saturated rings. The molecule has 1 aliphatic rings. The van der Waals surface area contributed by atoms with Crippen molar-refractivity contribution in [2.75, 3.05) is 7.11 Å². The fourth-order valence-corrected chi connectivity index (χ4v) is 2.91. The molecule has 0 heterocycles. The van der Waals surface area contributed by atoms with Gasteiger partial charge in [0, 0.05) is 17.0 Å². The molecule has 0 saturated heterocycles. The first-order valence-electron chi connectivity index (χ1n) is 6.60. The van der Waals surface area contributed by atoms with Gasteiger partial charge in [0.05, 0.1) is 17.6 Å². The van der Waals surface area contributed by atoms with Gasteiger partial charge in [-0.1, -0.05) is 30.9 Å². The second-order valence-corrected chi connectivity index (χ2v) is 5.40. The van der Waals surface area contributed by atoms with Gasteiger partial charge in [0.2, 0.25) is 5.75 Å². The summed E-state index contributed by atoms with van der Waals surface area (Å²) < 4.78 is 5.08. The summed E-state index contributed by atoms with van der Waals surface area (Å²) in [6.07, 6.45) is 4.81. The first kappa shape index (κ1) is 14.8. The van der Waals surface area contributed by atoms with Crippen LogP contribution in [0.3, 0.4) is 0 Å². The summed E-state index contributed by atoms with van der Waals surface area (Å²) in [7, 11) is 1.33. The number of carbonyl (C=O) groups is 1. The van der Waals surface area contributed by atoms with Crippen LogP contribution in [0.1, 0.15) is 42.5 Å². The third kappa shape index (κ3) is 2.93. The predicted molar refractivity (Wildman–Crippen MR) is 75.6 cm³/mol. The lowest BCUT2D eigenvalue weighted by molar-refractivity contribution is -0.385. The fraction of sp³-hybridized carbons (Fsp3) is 0.500. The highest BCUT2D eigenvalue weighted by Gasteiger charge is 2.29. The summed E-state index contributed by atoms with van der Waals surface area (Å²) in [5, 5.41) is 11.2. The van der Waals surface area contributed by atoms with E-state index >= 15 is 0 Å². The minimum absolute atomic E-state index is 0.00923. The molecule has 2 rings (SSSR count). The van der Waals surface area contributed by atoms with E-state index in [4.69, 9.17) is 16.3 Å². The molecular weight excluding hydrogens is 282 g/mol. The van der Waals surface area contributed by atoms with E-state index in [1.54, 1.807) is 0 Å². The molecule has 6 heteroatoms. The minimum atomic E-state index is -0.581. The molecule has 20 heavy (non-hydrogen) atoms. The molecule has 1 aromatic carbocycles. The summed E-state index contributed by atoms with van der Waals surface area (Å²) in [5.74, 6) is -0.183. The second kappa shape index (κ2) is 6.22. The summed E-state index contributed by atoms with van der Waals surface area (Å²) in [6.45, 7) is 0. The van der Waals surface area contributed by atoms with Gasteiger partial charge in [0.1, 0.15) is 0 Å². The van der Waals surface area contributed by atoms with Gasteiger partial charge in [-0.25, -0.2) is 0 Å².